The average molecular weight is 450 g/mol. The van der Waals surface area contributed by atoms with E-state index >= 15 is 0 Å². The molecule has 0 radical (unpaired) electrons. The molecule has 0 spiro atoms. The zero-order valence-corrected chi connectivity index (χ0v) is 19.4. The van der Waals surface area contributed by atoms with Gasteiger partial charge in [-0.1, -0.05) is 12.1 Å². The summed E-state index contributed by atoms with van der Waals surface area (Å²) >= 11 is 1.27. The second-order valence-electron chi connectivity index (χ2n) is 7.42. The van der Waals surface area contributed by atoms with Crippen molar-refractivity contribution in [2.45, 2.75) is 36.9 Å². The van der Waals surface area contributed by atoms with Gasteiger partial charge < -0.3 is 15.5 Å². The van der Waals surface area contributed by atoms with Crippen LogP contribution >= 0.6 is 11.3 Å². The van der Waals surface area contributed by atoms with E-state index < -0.39 is 10.0 Å². The molecule has 1 aliphatic rings. The zero-order valence-electron chi connectivity index (χ0n) is 17.8. The zero-order chi connectivity index (χ0) is 21.6. The molecule has 1 unspecified atom stereocenters. The van der Waals surface area contributed by atoms with Gasteiger partial charge in [-0.25, -0.2) is 13.1 Å². The number of aryl methyl sites for hydroxylation is 1. The van der Waals surface area contributed by atoms with Crippen molar-refractivity contribution < 1.29 is 8.42 Å². The monoisotopic (exact) mass is 449 g/mol. The molecule has 1 aromatic heterocycles. The van der Waals surface area contributed by atoms with E-state index in [0.717, 1.165) is 18.0 Å². The van der Waals surface area contributed by atoms with E-state index in [1.165, 1.54) is 35.4 Å². The summed E-state index contributed by atoms with van der Waals surface area (Å²) < 4.78 is 27.5. The van der Waals surface area contributed by atoms with E-state index in [9.17, 15) is 8.42 Å². The average Bonchev–Trinajstić information content (AvgIpc) is 3.42. The number of nitrogens with zero attached hydrogens (tertiary/aromatic N) is 2. The number of sulfonamides is 1. The Balaban J connectivity index is 1.49. The van der Waals surface area contributed by atoms with Crippen LogP contribution in [0.5, 0.6) is 0 Å². The van der Waals surface area contributed by atoms with Gasteiger partial charge in [0.25, 0.3) is 0 Å². The third-order valence-corrected chi connectivity index (χ3v) is 8.06. The van der Waals surface area contributed by atoms with E-state index in [1.54, 1.807) is 13.1 Å². The topological polar surface area (TPSA) is 85.8 Å². The van der Waals surface area contributed by atoms with Crippen LogP contribution in [0.3, 0.4) is 0 Å². The van der Waals surface area contributed by atoms with Crippen LogP contribution in [0.1, 0.15) is 36.2 Å². The van der Waals surface area contributed by atoms with Gasteiger partial charge in [0.1, 0.15) is 4.21 Å². The fourth-order valence-electron chi connectivity index (χ4n) is 3.44. The SMILES string of the molecule is CN=C(NCCNS(=O)(=O)c1ccc(C)s1)NC(C)c1cccc(N2CCCC2)c1. The molecular weight excluding hydrogens is 418 g/mol. The number of thiophene rings is 1. The molecule has 1 atom stereocenters. The van der Waals surface area contributed by atoms with Gasteiger partial charge in [-0.15, -0.1) is 11.3 Å². The summed E-state index contributed by atoms with van der Waals surface area (Å²) in [5.74, 6) is 0.639. The quantitative estimate of drug-likeness (QED) is 0.328. The van der Waals surface area contributed by atoms with Crippen molar-refractivity contribution in [1.82, 2.24) is 15.4 Å². The lowest BCUT2D eigenvalue weighted by atomic mass is 10.1. The molecule has 1 saturated heterocycles. The molecule has 0 bridgehead atoms. The highest BCUT2D eigenvalue weighted by atomic mass is 32.2. The Hall–Kier alpha value is -2.10. The van der Waals surface area contributed by atoms with Crippen LogP contribution in [0.4, 0.5) is 5.69 Å². The van der Waals surface area contributed by atoms with Gasteiger partial charge in [-0.05, 0) is 56.5 Å². The summed E-state index contributed by atoms with van der Waals surface area (Å²) in [5, 5.41) is 6.55. The number of hydrogen-bond donors (Lipinski definition) is 3. The lowest BCUT2D eigenvalue weighted by Gasteiger charge is -2.22. The largest absolute Gasteiger partial charge is 0.372 e. The van der Waals surface area contributed by atoms with Gasteiger partial charge in [0, 0.05) is 43.8 Å². The van der Waals surface area contributed by atoms with Crippen molar-refractivity contribution in [2.75, 3.05) is 38.1 Å². The molecule has 2 heterocycles. The highest BCUT2D eigenvalue weighted by molar-refractivity contribution is 7.91. The third-order valence-electron chi connectivity index (χ3n) is 5.11. The van der Waals surface area contributed by atoms with Crippen LogP contribution in [0.15, 0.2) is 45.6 Å². The summed E-state index contributed by atoms with van der Waals surface area (Å²) in [5.41, 5.74) is 2.45. The second kappa shape index (κ2) is 10.3. The second-order valence-corrected chi connectivity index (χ2v) is 10.7. The number of nitrogens with one attached hydrogen (secondary N) is 3. The first-order valence-electron chi connectivity index (χ1n) is 10.3. The first-order valence-corrected chi connectivity index (χ1v) is 12.6. The number of aliphatic imine (C=N–C) groups is 1. The fraction of sp³-hybridized carbons (Fsp3) is 0.476. The highest BCUT2D eigenvalue weighted by Crippen LogP contribution is 2.24. The molecule has 30 heavy (non-hydrogen) atoms. The summed E-state index contributed by atoms with van der Waals surface area (Å²) in [7, 11) is -1.75. The van der Waals surface area contributed by atoms with Gasteiger partial charge in [0.15, 0.2) is 5.96 Å². The molecule has 1 aliphatic heterocycles. The van der Waals surface area contributed by atoms with E-state index in [4.69, 9.17) is 0 Å². The first kappa shape index (κ1) is 22.6. The van der Waals surface area contributed by atoms with Gasteiger partial charge in [-0.3, -0.25) is 4.99 Å². The summed E-state index contributed by atoms with van der Waals surface area (Å²) in [6.45, 7) is 6.94. The Morgan fingerprint density at radius 3 is 2.63 bits per heavy atom. The van der Waals surface area contributed by atoms with Gasteiger partial charge >= 0.3 is 0 Å². The predicted molar refractivity (Wildman–Crippen MR) is 125 cm³/mol. The predicted octanol–water partition coefficient (Wildman–Crippen LogP) is 2.86. The molecular formula is C21H31N5O2S2. The molecule has 9 heteroatoms. The van der Waals surface area contributed by atoms with Crippen molar-refractivity contribution in [3.8, 4) is 0 Å². The first-order chi connectivity index (χ1) is 14.4. The lowest BCUT2D eigenvalue weighted by molar-refractivity contribution is 0.582. The van der Waals surface area contributed by atoms with Gasteiger partial charge in [-0.2, -0.15) is 0 Å². The van der Waals surface area contributed by atoms with Crippen LogP contribution in [0, 0.1) is 6.92 Å². The molecule has 0 aliphatic carbocycles. The van der Waals surface area contributed by atoms with Crippen molar-refractivity contribution >= 4 is 33.0 Å². The molecule has 2 aromatic rings. The maximum atomic E-state index is 12.3. The minimum absolute atomic E-state index is 0.0736. The normalized spacial score (nSPS) is 16.0. The molecule has 1 fully saturated rings. The third kappa shape index (κ3) is 5.96. The Kier molecular flexibility index (Phi) is 7.74. The molecule has 0 amide bonds. The fourth-order valence-corrected chi connectivity index (χ4v) is 5.80. The van der Waals surface area contributed by atoms with Crippen molar-refractivity contribution in [3.05, 3.63) is 46.8 Å². The Morgan fingerprint density at radius 1 is 1.20 bits per heavy atom. The van der Waals surface area contributed by atoms with Gasteiger partial charge in [0.2, 0.25) is 10.0 Å². The van der Waals surface area contributed by atoms with Crippen LogP contribution in [-0.4, -0.2) is 47.6 Å². The highest BCUT2D eigenvalue weighted by Gasteiger charge is 2.16. The van der Waals surface area contributed by atoms with E-state index in [1.807, 2.05) is 13.0 Å². The Bertz CT molecular complexity index is 965. The lowest BCUT2D eigenvalue weighted by Crippen LogP contribution is -2.42. The molecule has 164 valence electrons. The summed E-state index contributed by atoms with van der Waals surface area (Å²) in [6, 6.07) is 12.1. The number of anilines is 1. The molecule has 1 aromatic carbocycles. The van der Waals surface area contributed by atoms with Crippen LogP contribution < -0.4 is 20.3 Å². The Labute approximate surface area is 183 Å². The molecule has 3 rings (SSSR count). The van der Waals surface area contributed by atoms with Crippen molar-refractivity contribution in [2.24, 2.45) is 4.99 Å². The van der Waals surface area contributed by atoms with E-state index in [2.05, 4.69) is 56.4 Å². The minimum Gasteiger partial charge on any atom is -0.372 e. The Morgan fingerprint density at radius 2 is 1.97 bits per heavy atom. The molecule has 3 N–H and O–H groups in total. The maximum absolute atomic E-state index is 12.3. The summed E-state index contributed by atoms with van der Waals surface area (Å²) in [4.78, 5) is 7.65. The van der Waals surface area contributed by atoms with E-state index in [0.29, 0.717) is 16.7 Å². The van der Waals surface area contributed by atoms with Crippen LogP contribution in [0.25, 0.3) is 0 Å². The van der Waals surface area contributed by atoms with E-state index in [-0.39, 0.29) is 12.6 Å². The summed E-state index contributed by atoms with van der Waals surface area (Å²) in [6.07, 6.45) is 2.51. The maximum Gasteiger partial charge on any atom is 0.250 e. The standard InChI is InChI=1S/C21H31N5O2S2/c1-16-9-10-20(29-16)30(27,28)24-12-11-23-21(22-3)25-17(2)18-7-6-8-19(15-18)26-13-4-5-14-26/h6-10,15,17,24H,4-5,11-14H2,1-3H3,(H2,22,23,25). The smallest absolute Gasteiger partial charge is 0.250 e. The number of hydrogen-bond acceptors (Lipinski definition) is 5. The van der Waals surface area contributed by atoms with Crippen LogP contribution in [0.2, 0.25) is 0 Å². The number of benzene rings is 1. The van der Waals surface area contributed by atoms with Gasteiger partial charge in [0.05, 0.1) is 6.04 Å². The van der Waals surface area contributed by atoms with Crippen LogP contribution in [-0.2, 0) is 10.0 Å². The minimum atomic E-state index is -3.46. The van der Waals surface area contributed by atoms with Crippen molar-refractivity contribution in [1.29, 1.82) is 0 Å². The molecule has 0 saturated carbocycles. The van der Waals surface area contributed by atoms with Crippen molar-refractivity contribution in [3.63, 3.8) is 0 Å². The number of guanidine groups is 1. The molecule has 7 nitrogen and oxygen atoms in total. The number of rotatable bonds is 8.